The number of likely N-dealkylation sites (N-methyl/N-ethyl adjacent to an activating group) is 1. The molecule has 7 nitrogen and oxygen atoms in total. The number of fused-ring (bicyclic) bond motifs is 1. The molecule has 0 saturated carbocycles. The van der Waals surface area contributed by atoms with Gasteiger partial charge in [0, 0.05) is 39.3 Å². The van der Waals surface area contributed by atoms with Crippen molar-refractivity contribution >= 4 is 17.7 Å². The van der Waals surface area contributed by atoms with Crippen molar-refractivity contribution in [3.8, 4) is 0 Å². The normalized spacial score (nSPS) is 24.2. The van der Waals surface area contributed by atoms with E-state index in [0.29, 0.717) is 25.8 Å². The van der Waals surface area contributed by atoms with Gasteiger partial charge < -0.3 is 10.2 Å². The molecule has 1 aromatic carbocycles. The zero-order chi connectivity index (χ0) is 24.9. The zero-order valence-corrected chi connectivity index (χ0v) is 21.4. The summed E-state index contributed by atoms with van der Waals surface area (Å²) in [7, 11) is 0. The fraction of sp³-hybridized carbons (Fsp3) is 0.607. The van der Waals surface area contributed by atoms with Crippen LogP contribution in [0.1, 0.15) is 51.2 Å². The summed E-state index contributed by atoms with van der Waals surface area (Å²) in [6, 6.07) is 7.63. The summed E-state index contributed by atoms with van der Waals surface area (Å²) in [4.78, 5) is 45.6. The quantitative estimate of drug-likeness (QED) is 0.435. The highest BCUT2D eigenvalue weighted by Gasteiger charge is 2.51. The van der Waals surface area contributed by atoms with Crippen molar-refractivity contribution in [3.63, 3.8) is 0 Å². The first-order chi connectivity index (χ1) is 16.9. The fourth-order valence-corrected chi connectivity index (χ4v) is 5.50. The van der Waals surface area contributed by atoms with Gasteiger partial charge in [-0.15, -0.1) is 0 Å². The topological polar surface area (TPSA) is 73.0 Å². The molecule has 0 bridgehead atoms. The lowest BCUT2D eigenvalue weighted by Gasteiger charge is -2.34. The molecule has 0 spiro atoms. The van der Waals surface area contributed by atoms with E-state index in [4.69, 9.17) is 0 Å². The van der Waals surface area contributed by atoms with E-state index in [2.05, 4.69) is 46.3 Å². The maximum absolute atomic E-state index is 13.2. The summed E-state index contributed by atoms with van der Waals surface area (Å²) >= 11 is 0. The zero-order valence-electron chi connectivity index (χ0n) is 21.4. The van der Waals surface area contributed by atoms with Gasteiger partial charge in [0.05, 0.1) is 11.8 Å². The Morgan fingerprint density at radius 3 is 2.00 bits per heavy atom. The van der Waals surface area contributed by atoms with Gasteiger partial charge in [0.1, 0.15) is 6.04 Å². The van der Waals surface area contributed by atoms with Gasteiger partial charge in [0.2, 0.25) is 17.7 Å². The monoisotopic (exact) mass is 480 g/mol. The van der Waals surface area contributed by atoms with Crippen LogP contribution in [0.15, 0.2) is 36.4 Å². The Labute approximate surface area is 209 Å². The average Bonchev–Trinajstić information content (AvgIpc) is 3.12. The molecule has 190 valence electrons. The van der Waals surface area contributed by atoms with Crippen molar-refractivity contribution in [2.24, 2.45) is 17.8 Å². The molecule has 1 aromatic rings. The van der Waals surface area contributed by atoms with E-state index in [0.717, 1.165) is 44.8 Å². The second kappa shape index (κ2) is 11.5. The van der Waals surface area contributed by atoms with Crippen LogP contribution in [0.2, 0.25) is 0 Å². The molecule has 35 heavy (non-hydrogen) atoms. The van der Waals surface area contributed by atoms with Gasteiger partial charge in [-0.05, 0) is 42.9 Å². The van der Waals surface area contributed by atoms with E-state index in [1.807, 2.05) is 26.0 Å². The lowest BCUT2D eigenvalue weighted by molar-refractivity contribution is -0.148. The van der Waals surface area contributed by atoms with Crippen molar-refractivity contribution in [3.05, 3.63) is 47.5 Å². The number of rotatable bonds is 9. The van der Waals surface area contributed by atoms with Crippen molar-refractivity contribution in [1.82, 2.24) is 20.0 Å². The minimum atomic E-state index is -0.748. The summed E-state index contributed by atoms with van der Waals surface area (Å²) in [5.41, 5.74) is 2.28. The number of likely N-dealkylation sites (tertiary alicyclic amines) is 1. The summed E-state index contributed by atoms with van der Waals surface area (Å²) < 4.78 is 0. The standard InChI is InChI=1S/C28H40N4O3/c1-4-30-13-15-31(16-14-30)19-22-11-9-21(10-12-22)18-29-26(33)25(17-20(2)3)32-27(34)23-7-5-6-8-24(23)28(32)35/h5-6,9-12,20,23-25H,4,7-8,13-19H2,1-3H3,(H,29,33). The van der Waals surface area contributed by atoms with Crippen LogP contribution in [0.5, 0.6) is 0 Å². The van der Waals surface area contributed by atoms with Crippen LogP contribution >= 0.6 is 0 Å². The highest BCUT2D eigenvalue weighted by Crippen LogP contribution is 2.37. The van der Waals surface area contributed by atoms with Gasteiger partial charge in [-0.3, -0.25) is 24.2 Å². The molecule has 0 aromatic heterocycles. The second-order valence-electron chi connectivity index (χ2n) is 10.6. The van der Waals surface area contributed by atoms with E-state index in [9.17, 15) is 14.4 Å². The summed E-state index contributed by atoms with van der Waals surface area (Å²) in [6.07, 6.45) is 5.59. The van der Waals surface area contributed by atoms with E-state index in [-0.39, 0.29) is 35.5 Å². The van der Waals surface area contributed by atoms with Crippen LogP contribution in [0.25, 0.3) is 0 Å². The third-order valence-electron chi connectivity index (χ3n) is 7.66. The van der Waals surface area contributed by atoms with Gasteiger partial charge in [0.25, 0.3) is 0 Å². The number of carbonyl (C=O) groups is 3. The van der Waals surface area contributed by atoms with Crippen molar-refractivity contribution < 1.29 is 14.4 Å². The molecule has 2 aliphatic heterocycles. The molecule has 7 heteroatoms. The molecular formula is C28H40N4O3. The number of amides is 3. The summed E-state index contributed by atoms with van der Waals surface area (Å²) in [5.74, 6) is -1.06. The van der Waals surface area contributed by atoms with Crippen LogP contribution < -0.4 is 5.32 Å². The number of allylic oxidation sites excluding steroid dienone is 2. The van der Waals surface area contributed by atoms with Crippen LogP contribution in [-0.2, 0) is 27.5 Å². The first-order valence-corrected chi connectivity index (χ1v) is 13.2. The van der Waals surface area contributed by atoms with Crippen LogP contribution in [-0.4, -0.2) is 71.2 Å². The number of imide groups is 1. The Morgan fingerprint density at radius 2 is 1.46 bits per heavy atom. The predicted molar refractivity (Wildman–Crippen MR) is 136 cm³/mol. The first kappa shape index (κ1) is 25.6. The molecule has 3 aliphatic rings. The molecule has 2 saturated heterocycles. The van der Waals surface area contributed by atoms with E-state index in [1.54, 1.807) is 0 Å². The number of nitrogens with one attached hydrogen (secondary N) is 1. The number of hydrogen-bond donors (Lipinski definition) is 1. The van der Waals surface area contributed by atoms with Crippen molar-refractivity contribution in [2.75, 3.05) is 32.7 Å². The van der Waals surface area contributed by atoms with E-state index in [1.165, 1.54) is 10.5 Å². The Hall–Kier alpha value is -2.51. The number of benzene rings is 1. The molecule has 0 radical (unpaired) electrons. The third-order valence-corrected chi connectivity index (χ3v) is 7.66. The van der Waals surface area contributed by atoms with Gasteiger partial charge in [-0.2, -0.15) is 0 Å². The lowest BCUT2D eigenvalue weighted by Crippen LogP contribution is -2.50. The fourth-order valence-electron chi connectivity index (χ4n) is 5.50. The van der Waals surface area contributed by atoms with E-state index < -0.39 is 6.04 Å². The lowest BCUT2D eigenvalue weighted by atomic mass is 9.85. The molecule has 3 atom stereocenters. The highest BCUT2D eigenvalue weighted by molar-refractivity contribution is 6.08. The number of carbonyl (C=O) groups excluding carboxylic acids is 3. The largest absolute Gasteiger partial charge is 0.350 e. The van der Waals surface area contributed by atoms with E-state index >= 15 is 0 Å². The Kier molecular flexibility index (Phi) is 8.39. The van der Waals surface area contributed by atoms with Crippen LogP contribution in [0, 0.1) is 17.8 Å². The third kappa shape index (κ3) is 6.01. The minimum Gasteiger partial charge on any atom is -0.350 e. The molecule has 1 N–H and O–H groups in total. The predicted octanol–water partition coefficient (Wildman–Crippen LogP) is 2.81. The SMILES string of the molecule is CCN1CCN(Cc2ccc(CNC(=O)C(CC(C)C)N3C(=O)C4CC=CCC4C3=O)cc2)CC1. The Bertz CT molecular complexity index is 908. The number of hydrogen-bond acceptors (Lipinski definition) is 5. The highest BCUT2D eigenvalue weighted by atomic mass is 16.2. The number of nitrogens with zero attached hydrogens (tertiary/aromatic N) is 3. The molecule has 2 fully saturated rings. The van der Waals surface area contributed by atoms with Gasteiger partial charge in [0.15, 0.2) is 0 Å². The average molecular weight is 481 g/mol. The van der Waals surface area contributed by atoms with Gasteiger partial charge >= 0.3 is 0 Å². The first-order valence-electron chi connectivity index (χ1n) is 13.2. The maximum atomic E-state index is 13.2. The second-order valence-corrected chi connectivity index (χ2v) is 10.6. The Morgan fingerprint density at radius 1 is 0.914 bits per heavy atom. The van der Waals surface area contributed by atoms with Gasteiger partial charge in [-0.25, -0.2) is 0 Å². The molecule has 4 rings (SSSR count). The summed E-state index contributed by atoms with van der Waals surface area (Å²) in [5, 5.41) is 3.00. The minimum absolute atomic E-state index is 0.186. The summed E-state index contributed by atoms with van der Waals surface area (Å²) in [6.45, 7) is 13.1. The molecular weight excluding hydrogens is 440 g/mol. The smallest absolute Gasteiger partial charge is 0.243 e. The van der Waals surface area contributed by atoms with Crippen molar-refractivity contribution in [1.29, 1.82) is 0 Å². The molecule has 3 amide bonds. The molecule has 3 unspecified atom stereocenters. The van der Waals surface area contributed by atoms with Crippen LogP contribution in [0.4, 0.5) is 0 Å². The van der Waals surface area contributed by atoms with Crippen molar-refractivity contribution in [2.45, 2.75) is 59.2 Å². The maximum Gasteiger partial charge on any atom is 0.243 e. The number of piperazine rings is 1. The molecule has 2 heterocycles. The molecule has 1 aliphatic carbocycles. The Balaban J connectivity index is 1.34. The van der Waals surface area contributed by atoms with Crippen LogP contribution in [0.3, 0.4) is 0 Å². The van der Waals surface area contributed by atoms with Gasteiger partial charge in [-0.1, -0.05) is 57.2 Å².